The highest BCUT2D eigenvalue weighted by atomic mass is 35.5. The molecule has 0 radical (unpaired) electrons. The second-order valence-corrected chi connectivity index (χ2v) is 15.7. The second kappa shape index (κ2) is 14.8. The van der Waals surface area contributed by atoms with Crippen LogP contribution in [0.2, 0.25) is 5.02 Å². The Morgan fingerprint density at radius 2 is 1.67 bits per heavy atom. The molecular weight excluding hydrogens is 737 g/mol. The molecule has 3 N–H and O–H groups in total. The molecule has 10 nitrogen and oxygen atoms in total. The SMILES string of the molecule is COc1nc(-c2cccc(-c3cccc4c3CC[C@@H]4Oc3nc(OC)c(CN4CC[C@@H](C5OC5O)C4)cc3C(F)(F)F)c2Cl)ccc1CNC1CC(C)(O)C1. The van der Waals surface area contributed by atoms with E-state index in [0.29, 0.717) is 73.0 Å². The van der Waals surface area contributed by atoms with Crippen LogP contribution >= 0.6 is 11.6 Å². The lowest BCUT2D eigenvalue weighted by atomic mass is 9.77. The van der Waals surface area contributed by atoms with E-state index in [0.717, 1.165) is 40.3 Å². The number of likely N-dealkylation sites (tertiary alicyclic amines) is 1. The number of nitrogens with one attached hydrogen (secondary N) is 1. The van der Waals surface area contributed by atoms with Crippen molar-refractivity contribution in [1.29, 1.82) is 0 Å². The molecule has 4 aliphatic rings. The molecule has 2 aliphatic carbocycles. The molecule has 0 spiro atoms. The van der Waals surface area contributed by atoms with E-state index in [1.165, 1.54) is 7.11 Å². The van der Waals surface area contributed by atoms with Gasteiger partial charge in [-0.3, -0.25) is 4.90 Å². The molecule has 4 heterocycles. The van der Waals surface area contributed by atoms with Crippen molar-refractivity contribution < 1.29 is 42.3 Å². The molecule has 8 rings (SSSR count). The van der Waals surface area contributed by atoms with E-state index >= 15 is 0 Å². The van der Waals surface area contributed by atoms with Crippen molar-refractivity contribution >= 4 is 11.6 Å². The fourth-order valence-corrected chi connectivity index (χ4v) is 8.80. The van der Waals surface area contributed by atoms with E-state index in [9.17, 15) is 23.4 Å². The van der Waals surface area contributed by atoms with Crippen molar-refractivity contribution in [2.75, 3.05) is 27.3 Å². The van der Waals surface area contributed by atoms with Gasteiger partial charge in [0.1, 0.15) is 17.8 Å². The van der Waals surface area contributed by atoms with Gasteiger partial charge in [0.2, 0.25) is 17.6 Å². The lowest BCUT2D eigenvalue weighted by Crippen LogP contribution is -2.51. The summed E-state index contributed by atoms with van der Waals surface area (Å²) in [7, 11) is 2.96. The number of nitrogens with zero attached hydrogens (tertiary/aromatic N) is 3. The Bertz CT molecular complexity index is 2070. The molecule has 292 valence electrons. The number of fused-ring (bicyclic) bond motifs is 1. The molecule has 1 saturated carbocycles. The Morgan fingerprint density at radius 3 is 2.38 bits per heavy atom. The Balaban J connectivity index is 1.03. The van der Waals surface area contributed by atoms with Gasteiger partial charge < -0.3 is 34.5 Å². The minimum atomic E-state index is -4.72. The number of halogens is 4. The zero-order valence-electron chi connectivity index (χ0n) is 30.8. The number of pyridine rings is 2. The zero-order chi connectivity index (χ0) is 38.6. The second-order valence-electron chi connectivity index (χ2n) is 15.3. The van der Waals surface area contributed by atoms with Crippen LogP contribution in [0, 0.1) is 5.92 Å². The van der Waals surface area contributed by atoms with Gasteiger partial charge in [0.05, 0.1) is 30.5 Å². The van der Waals surface area contributed by atoms with Crippen LogP contribution in [0.1, 0.15) is 66.5 Å². The summed E-state index contributed by atoms with van der Waals surface area (Å²) >= 11 is 7.13. The standard InChI is InChI=1S/C41H44ClF3N4O6/c1-40(51)17-25(18-40)46-19-22-10-12-32(47-36(22)52-2)30-9-5-8-29(34(30)42)26-6-4-7-28-27(26)11-13-33(28)54-38-31(41(43,44)45)16-24(37(48-38)53-3)21-49-15-14-23(20-49)35-39(50)55-35/h4-10,12,16,23,25,33,35,39,46,50-51H,11,13-15,17-21H2,1-3H3/t23-,25?,33+,35?,39?,40?/m1/s1. The van der Waals surface area contributed by atoms with Crippen LogP contribution in [0.15, 0.2) is 54.6 Å². The summed E-state index contributed by atoms with van der Waals surface area (Å²) in [6, 6.07) is 16.6. The lowest BCUT2D eigenvalue weighted by molar-refractivity contribution is -0.139. The van der Waals surface area contributed by atoms with Gasteiger partial charge in [-0.05, 0) is 74.4 Å². The maximum absolute atomic E-state index is 14.6. The van der Waals surface area contributed by atoms with E-state index < -0.39 is 35.6 Å². The maximum atomic E-state index is 14.6. The number of hydrogen-bond donors (Lipinski definition) is 3. The first kappa shape index (κ1) is 37.9. The highest BCUT2D eigenvalue weighted by molar-refractivity contribution is 6.36. The summed E-state index contributed by atoms with van der Waals surface area (Å²) in [6.07, 6.45) is -3.19. The van der Waals surface area contributed by atoms with Crippen molar-refractivity contribution in [3.05, 3.63) is 87.4 Å². The van der Waals surface area contributed by atoms with E-state index in [2.05, 4.69) is 10.3 Å². The maximum Gasteiger partial charge on any atom is 0.421 e. The summed E-state index contributed by atoms with van der Waals surface area (Å²) in [5, 5.41) is 23.7. The number of ether oxygens (including phenoxy) is 4. The molecule has 2 saturated heterocycles. The zero-order valence-corrected chi connectivity index (χ0v) is 31.6. The number of alkyl halides is 3. The van der Waals surface area contributed by atoms with Crippen molar-refractivity contribution in [2.45, 2.75) is 88.4 Å². The quantitative estimate of drug-likeness (QED) is 0.128. The third kappa shape index (κ3) is 7.75. The highest BCUT2D eigenvalue weighted by Crippen LogP contribution is 2.46. The van der Waals surface area contributed by atoms with Gasteiger partial charge in [-0.15, -0.1) is 0 Å². The number of rotatable bonds is 12. The van der Waals surface area contributed by atoms with Gasteiger partial charge in [-0.25, -0.2) is 4.98 Å². The van der Waals surface area contributed by atoms with E-state index in [4.69, 9.17) is 35.5 Å². The van der Waals surface area contributed by atoms with Gasteiger partial charge in [0, 0.05) is 53.8 Å². The number of methoxy groups -OCH3 is 2. The largest absolute Gasteiger partial charge is 0.481 e. The van der Waals surface area contributed by atoms with Gasteiger partial charge in [0.25, 0.3) is 0 Å². The lowest BCUT2D eigenvalue weighted by Gasteiger charge is -2.41. The monoisotopic (exact) mass is 780 g/mol. The van der Waals surface area contributed by atoms with Gasteiger partial charge >= 0.3 is 6.18 Å². The molecule has 2 aliphatic heterocycles. The average Bonchev–Trinajstić information content (AvgIpc) is 3.48. The predicted molar refractivity (Wildman–Crippen MR) is 199 cm³/mol. The average molecular weight is 781 g/mol. The van der Waals surface area contributed by atoms with Crippen molar-refractivity contribution in [3.63, 3.8) is 0 Å². The van der Waals surface area contributed by atoms with Gasteiger partial charge in [0.15, 0.2) is 6.29 Å². The van der Waals surface area contributed by atoms with Crippen molar-refractivity contribution in [1.82, 2.24) is 20.2 Å². The van der Waals surface area contributed by atoms with Gasteiger partial charge in [-0.2, -0.15) is 18.2 Å². The molecule has 4 aromatic rings. The summed E-state index contributed by atoms with van der Waals surface area (Å²) in [6.45, 7) is 3.85. The minimum absolute atomic E-state index is 0.0758. The molecular formula is C41H44ClF3N4O6. The summed E-state index contributed by atoms with van der Waals surface area (Å²) in [5.74, 6) is 0.153. The van der Waals surface area contributed by atoms with Gasteiger partial charge in [-0.1, -0.05) is 54.1 Å². The fraction of sp³-hybridized carbons (Fsp3) is 0.463. The van der Waals surface area contributed by atoms with Crippen LogP contribution in [0.5, 0.6) is 17.6 Å². The Hall–Kier alpha value is -3.98. The molecule has 3 fully saturated rings. The molecule has 0 bridgehead atoms. The van der Waals surface area contributed by atoms with Crippen LogP contribution in [0.3, 0.4) is 0 Å². The van der Waals surface area contributed by atoms with E-state index in [1.54, 1.807) is 7.11 Å². The first-order valence-electron chi connectivity index (χ1n) is 18.6. The molecule has 55 heavy (non-hydrogen) atoms. The summed E-state index contributed by atoms with van der Waals surface area (Å²) < 4.78 is 66.3. The third-order valence-electron chi connectivity index (χ3n) is 11.3. The Kier molecular flexibility index (Phi) is 10.2. The Labute approximate surface area is 322 Å². The van der Waals surface area contributed by atoms with Crippen LogP contribution in [-0.4, -0.2) is 76.4 Å². The highest BCUT2D eigenvalue weighted by Gasteiger charge is 2.46. The molecule has 2 unspecified atom stereocenters. The fourth-order valence-electron chi connectivity index (χ4n) is 8.47. The summed E-state index contributed by atoms with van der Waals surface area (Å²) in [4.78, 5) is 11.1. The third-order valence-corrected chi connectivity index (χ3v) is 11.7. The molecule has 2 aromatic carbocycles. The number of aliphatic hydroxyl groups excluding tert-OH is 1. The van der Waals surface area contributed by atoms with Crippen molar-refractivity contribution in [3.8, 4) is 40.0 Å². The predicted octanol–water partition coefficient (Wildman–Crippen LogP) is 7.11. The van der Waals surface area contributed by atoms with Crippen molar-refractivity contribution in [2.24, 2.45) is 5.92 Å². The van der Waals surface area contributed by atoms with E-state index in [-0.39, 0.29) is 30.5 Å². The molecule has 2 aromatic heterocycles. The Morgan fingerprint density at radius 1 is 0.964 bits per heavy atom. The van der Waals surface area contributed by atoms with Crippen LogP contribution in [-0.2, 0) is 30.4 Å². The molecule has 4 atom stereocenters. The summed E-state index contributed by atoms with van der Waals surface area (Å²) in [5.41, 5.74) is 4.32. The number of aromatic nitrogens is 2. The number of aliphatic hydroxyl groups is 2. The first-order valence-corrected chi connectivity index (χ1v) is 19.0. The van der Waals surface area contributed by atoms with Crippen LogP contribution in [0.4, 0.5) is 13.2 Å². The smallest absolute Gasteiger partial charge is 0.421 e. The van der Waals surface area contributed by atoms with Crippen LogP contribution in [0.25, 0.3) is 22.4 Å². The number of epoxide rings is 1. The number of hydrogen-bond acceptors (Lipinski definition) is 10. The normalized spacial score (nSPS) is 26.1. The molecule has 14 heteroatoms. The van der Waals surface area contributed by atoms with Crippen LogP contribution < -0.4 is 19.5 Å². The number of benzene rings is 2. The topological polar surface area (TPSA) is 122 Å². The molecule has 0 amide bonds. The first-order chi connectivity index (χ1) is 26.3. The minimum Gasteiger partial charge on any atom is -0.481 e. The van der Waals surface area contributed by atoms with E-state index in [1.807, 2.05) is 60.4 Å².